The van der Waals surface area contributed by atoms with E-state index in [2.05, 4.69) is 48.1 Å². The van der Waals surface area contributed by atoms with Gasteiger partial charge in [0.25, 0.3) is 0 Å². The van der Waals surface area contributed by atoms with Gasteiger partial charge in [-0.25, -0.2) is 0 Å². The molecule has 7 aliphatic rings. The Kier molecular flexibility index (Phi) is 11.5. The van der Waals surface area contributed by atoms with Crippen molar-refractivity contribution in [1.29, 1.82) is 0 Å². The molecule has 2 aliphatic heterocycles. The zero-order valence-electron chi connectivity index (χ0n) is 42.8. The normalized spacial score (nSPS) is 59.7. The van der Waals surface area contributed by atoms with Gasteiger partial charge in [-0.1, -0.05) is 46.8 Å². The predicted octanol–water partition coefficient (Wildman–Crippen LogP) is 6.64. The molecule has 2 heterocycles. The van der Waals surface area contributed by atoms with E-state index in [1.165, 1.54) is 62.3 Å². The van der Waals surface area contributed by atoms with Crippen molar-refractivity contribution in [2.24, 2.45) is 56.7 Å². The lowest BCUT2D eigenvalue weighted by Gasteiger charge is -2.73. The molecule has 8 N–H and O–H groups in total. The van der Waals surface area contributed by atoms with Crippen LogP contribution in [0.15, 0.2) is 12.2 Å². The van der Waals surface area contributed by atoms with Crippen LogP contribution in [-0.2, 0) is 23.7 Å². The Morgan fingerprint density at radius 2 is 1.14 bits per heavy atom. The topological polar surface area (TPSA) is 216 Å². The van der Waals surface area contributed by atoms with Crippen LogP contribution in [0.5, 0.6) is 0 Å². The molecular weight excluding hydrogens is 833 g/mol. The minimum absolute atomic E-state index is 0.00669. The van der Waals surface area contributed by atoms with Gasteiger partial charge < -0.3 is 59.8 Å². The zero-order valence-corrected chi connectivity index (χ0v) is 42.8. The van der Waals surface area contributed by atoms with Crippen molar-refractivity contribution in [3.8, 4) is 0 Å². The standard InChI is InChI=1S/C52H88O13/c1-30(2)31-20-25-52(37(54)55)27-26-40(6)32(36(31)52)18-19-34-39(5)23-22-35(38(3,4)33(39)21-24-41(34,40)7)63-51(17)49(15,61)47(13,59)45(11,57)43(9,65-51)29-62-50(16)48(14,60)46(12,58)44(10,56)42(8,28-53)64-50/h31-36,53,56-61H,1,18-29H2,2-17H3,(H,54,55). The lowest BCUT2D eigenvalue weighted by molar-refractivity contribution is -0.488. The molecule has 5 aliphatic carbocycles. The number of hydrogen-bond donors (Lipinski definition) is 8. The molecule has 374 valence electrons. The number of aliphatic hydroxyl groups is 7. The van der Waals surface area contributed by atoms with Crippen LogP contribution in [0.1, 0.15) is 175 Å². The number of allylic oxidation sites excluding steroid dienone is 1. The predicted molar refractivity (Wildman–Crippen MR) is 244 cm³/mol. The van der Waals surface area contributed by atoms with Crippen molar-refractivity contribution in [2.75, 3.05) is 13.2 Å². The number of carboxylic acid groups (broad SMARTS) is 1. The van der Waals surface area contributed by atoms with Crippen molar-refractivity contribution in [2.45, 2.75) is 237 Å². The molecule has 13 nitrogen and oxygen atoms in total. The molecule has 0 bridgehead atoms. The highest BCUT2D eigenvalue weighted by Crippen LogP contribution is 2.78. The Bertz CT molecular complexity index is 1940. The summed E-state index contributed by atoms with van der Waals surface area (Å²) in [5, 5.41) is 94.0. The first-order valence-electron chi connectivity index (χ1n) is 24.7. The van der Waals surface area contributed by atoms with Gasteiger partial charge in [0, 0.05) is 0 Å². The molecule has 13 heteroatoms. The van der Waals surface area contributed by atoms with Gasteiger partial charge in [0.05, 0.1) is 24.7 Å². The number of rotatable bonds is 8. The highest BCUT2D eigenvalue weighted by molar-refractivity contribution is 5.76. The smallest absolute Gasteiger partial charge is 0.309 e. The Balaban J connectivity index is 1.18. The highest BCUT2D eigenvalue weighted by atomic mass is 16.8. The fourth-order valence-corrected chi connectivity index (χ4v) is 17.0. The second kappa shape index (κ2) is 14.4. The number of aliphatic carboxylic acids is 1. The summed E-state index contributed by atoms with van der Waals surface area (Å²) in [4.78, 5) is 13.2. The summed E-state index contributed by atoms with van der Waals surface area (Å²) in [5.74, 6) is -3.47. The maximum absolute atomic E-state index is 13.2. The second-order valence-electron chi connectivity index (χ2n) is 26.1. The van der Waals surface area contributed by atoms with Crippen LogP contribution in [0.25, 0.3) is 0 Å². The van der Waals surface area contributed by atoms with E-state index in [0.717, 1.165) is 56.9 Å². The summed E-state index contributed by atoms with van der Waals surface area (Å²) >= 11 is 0. The molecule has 7 fully saturated rings. The molecule has 0 aromatic carbocycles. The van der Waals surface area contributed by atoms with Gasteiger partial charge in [-0.2, -0.15) is 0 Å². The fraction of sp³-hybridized carbons (Fsp3) is 0.942. The number of aliphatic hydroxyl groups excluding tert-OH is 1. The minimum Gasteiger partial charge on any atom is -0.481 e. The van der Waals surface area contributed by atoms with Crippen LogP contribution in [0.4, 0.5) is 0 Å². The summed E-state index contributed by atoms with van der Waals surface area (Å²) < 4.78 is 26.7. The lowest BCUT2D eigenvalue weighted by Crippen LogP contribution is -2.87. The van der Waals surface area contributed by atoms with E-state index < -0.39 is 92.5 Å². The molecule has 0 amide bonds. The van der Waals surface area contributed by atoms with Crippen molar-refractivity contribution in [3.63, 3.8) is 0 Å². The molecule has 2 saturated heterocycles. The fourth-order valence-electron chi connectivity index (χ4n) is 17.0. The summed E-state index contributed by atoms with van der Waals surface area (Å²) in [6.07, 6.45) is 8.28. The molecule has 7 rings (SSSR count). The van der Waals surface area contributed by atoms with Crippen LogP contribution in [0.2, 0.25) is 0 Å². The van der Waals surface area contributed by atoms with E-state index in [1.807, 2.05) is 0 Å². The lowest BCUT2D eigenvalue weighted by atomic mass is 9.32. The van der Waals surface area contributed by atoms with Gasteiger partial charge in [0.15, 0.2) is 11.6 Å². The summed E-state index contributed by atoms with van der Waals surface area (Å²) in [5.41, 5.74) is -17.4. The van der Waals surface area contributed by atoms with Gasteiger partial charge >= 0.3 is 5.97 Å². The van der Waals surface area contributed by atoms with Gasteiger partial charge in [-0.05, 0) is 192 Å². The maximum atomic E-state index is 13.2. The number of hydrogen-bond acceptors (Lipinski definition) is 12. The van der Waals surface area contributed by atoms with Crippen LogP contribution < -0.4 is 0 Å². The first-order valence-corrected chi connectivity index (χ1v) is 24.7. The van der Waals surface area contributed by atoms with Crippen LogP contribution in [-0.4, -0.2) is 123 Å². The van der Waals surface area contributed by atoms with E-state index in [4.69, 9.17) is 18.9 Å². The second-order valence-corrected chi connectivity index (χ2v) is 26.1. The Hall–Kier alpha value is -1.23. The molecule has 20 atom stereocenters. The average Bonchev–Trinajstić information content (AvgIpc) is 3.59. The molecular formula is C52H88O13. The van der Waals surface area contributed by atoms with Crippen molar-refractivity contribution in [1.82, 2.24) is 0 Å². The van der Waals surface area contributed by atoms with E-state index in [0.29, 0.717) is 24.7 Å². The van der Waals surface area contributed by atoms with Crippen LogP contribution in [0, 0.1) is 56.7 Å². The Morgan fingerprint density at radius 3 is 1.68 bits per heavy atom. The largest absolute Gasteiger partial charge is 0.481 e. The quantitative estimate of drug-likeness (QED) is 0.0949. The van der Waals surface area contributed by atoms with Crippen LogP contribution >= 0.6 is 0 Å². The molecule has 5 saturated carbocycles. The zero-order chi connectivity index (χ0) is 49.4. The molecule has 0 spiro atoms. The molecule has 20 unspecified atom stereocenters. The van der Waals surface area contributed by atoms with Crippen molar-refractivity contribution < 1.29 is 64.6 Å². The first-order chi connectivity index (χ1) is 29.1. The maximum Gasteiger partial charge on any atom is 0.309 e. The van der Waals surface area contributed by atoms with E-state index >= 15 is 0 Å². The number of carboxylic acids is 1. The number of carbonyl (C=O) groups is 1. The van der Waals surface area contributed by atoms with E-state index in [-0.39, 0.29) is 34.0 Å². The minimum atomic E-state index is -2.32. The third-order valence-electron chi connectivity index (χ3n) is 23.2. The Morgan fingerprint density at radius 1 is 0.600 bits per heavy atom. The van der Waals surface area contributed by atoms with Gasteiger partial charge in [0.1, 0.15) is 44.8 Å². The van der Waals surface area contributed by atoms with Crippen LogP contribution in [0.3, 0.4) is 0 Å². The van der Waals surface area contributed by atoms with Gasteiger partial charge in [-0.3, -0.25) is 4.79 Å². The Labute approximate surface area is 389 Å². The summed E-state index contributed by atoms with van der Waals surface area (Å²) in [6.45, 7) is 30.9. The molecule has 0 aromatic heterocycles. The third-order valence-corrected chi connectivity index (χ3v) is 23.2. The molecule has 65 heavy (non-hydrogen) atoms. The van der Waals surface area contributed by atoms with Crippen molar-refractivity contribution in [3.05, 3.63) is 12.2 Å². The van der Waals surface area contributed by atoms with E-state index in [1.54, 1.807) is 6.92 Å². The first kappa shape index (κ1) is 51.6. The number of fused-ring (bicyclic) bond motifs is 7. The third kappa shape index (κ3) is 5.99. The summed E-state index contributed by atoms with van der Waals surface area (Å²) in [6, 6.07) is 0. The van der Waals surface area contributed by atoms with Gasteiger partial charge in [0.2, 0.25) is 0 Å². The van der Waals surface area contributed by atoms with Gasteiger partial charge in [-0.15, -0.1) is 0 Å². The van der Waals surface area contributed by atoms with E-state index in [9.17, 15) is 45.6 Å². The summed E-state index contributed by atoms with van der Waals surface area (Å²) in [7, 11) is 0. The monoisotopic (exact) mass is 921 g/mol. The molecule has 0 aromatic rings. The SMILES string of the molecule is C=C(C)C1CCC2(C(=O)O)CCC3(C)C(CCC4C5(C)CCC(OC6(C)OC(C)(COC7(C)OC(C)(CO)C(C)(O)C(C)(O)C7(C)O)C(C)(O)C(C)(O)C6(C)O)C(C)(C)C5CCC43C)C12. The molecule has 0 radical (unpaired) electrons. The average molecular weight is 921 g/mol. The number of ether oxygens (including phenoxy) is 4. The highest BCUT2D eigenvalue weighted by Gasteiger charge is 2.79. The van der Waals surface area contributed by atoms with Crippen molar-refractivity contribution >= 4 is 5.97 Å².